The number of halogens is 2. The van der Waals surface area contributed by atoms with Crippen LogP contribution in [0, 0.1) is 23.7 Å². The van der Waals surface area contributed by atoms with Gasteiger partial charge in [0.05, 0.1) is 13.2 Å². The van der Waals surface area contributed by atoms with Crippen LogP contribution in [-0.2, 0) is 14.3 Å². The summed E-state index contributed by atoms with van der Waals surface area (Å²) in [6.07, 6.45) is 2.94. The summed E-state index contributed by atoms with van der Waals surface area (Å²) in [5, 5.41) is 10.4. The smallest absolute Gasteiger partial charge is 0.326 e. The van der Waals surface area contributed by atoms with Crippen LogP contribution in [0.15, 0.2) is 0 Å². The number of aliphatic hydroxyl groups excluding tert-OH is 1. The first-order valence-electron chi connectivity index (χ1n) is 10.5. The molecule has 0 radical (unpaired) electrons. The Labute approximate surface area is 173 Å². The summed E-state index contributed by atoms with van der Waals surface area (Å²) in [5.74, 6) is 0.733. The number of alkyl halides is 2. The van der Waals surface area contributed by atoms with Crippen molar-refractivity contribution < 1.29 is 28.2 Å². The van der Waals surface area contributed by atoms with E-state index in [1.54, 1.807) is 6.92 Å². The number of rotatable bonds is 12. The SMILES string of the molecule is CC#CCC(C)[C@@H](O)CC(C)[C@H]1CC(F)(F)C(=O)N1CCCCCCC(=O)OC. The van der Waals surface area contributed by atoms with E-state index < -0.39 is 30.4 Å². The number of ether oxygens (including phenoxy) is 1. The van der Waals surface area contributed by atoms with Crippen LogP contribution < -0.4 is 0 Å². The molecule has 1 fully saturated rings. The van der Waals surface area contributed by atoms with Gasteiger partial charge in [-0.25, -0.2) is 0 Å². The molecule has 1 aliphatic rings. The van der Waals surface area contributed by atoms with Crippen LogP contribution in [0.25, 0.3) is 0 Å². The van der Waals surface area contributed by atoms with Gasteiger partial charge < -0.3 is 14.7 Å². The summed E-state index contributed by atoms with van der Waals surface area (Å²) < 4.78 is 32.8. The molecule has 29 heavy (non-hydrogen) atoms. The lowest BCUT2D eigenvalue weighted by atomic mass is 9.87. The highest BCUT2D eigenvalue weighted by Gasteiger charge is 2.54. The van der Waals surface area contributed by atoms with Crippen molar-refractivity contribution >= 4 is 11.9 Å². The summed E-state index contributed by atoms with van der Waals surface area (Å²) in [6, 6.07) is -0.577. The molecular weight excluding hydrogens is 380 g/mol. The maximum atomic E-state index is 14.1. The van der Waals surface area contributed by atoms with Gasteiger partial charge in [-0.05, 0) is 38.0 Å². The molecule has 1 rings (SSSR count). The maximum absolute atomic E-state index is 14.1. The summed E-state index contributed by atoms with van der Waals surface area (Å²) in [6.45, 7) is 5.72. The van der Waals surface area contributed by atoms with Crippen LogP contribution in [-0.4, -0.2) is 53.6 Å². The van der Waals surface area contributed by atoms with Gasteiger partial charge in [-0.2, -0.15) is 8.78 Å². The molecule has 1 heterocycles. The lowest BCUT2D eigenvalue weighted by Gasteiger charge is -2.31. The fraction of sp³-hybridized carbons (Fsp3) is 0.818. The first-order valence-corrected chi connectivity index (χ1v) is 10.5. The van der Waals surface area contributed by atoms with Crippen LogP contribution in [0.1, 0.15) is 72.1 Å². The molecule has 0 aliphatic carbocycles. The Bertz CT molecular complexity index is 599. The minimum absolute atomic E-state index is 0.0502. The van der Waals surface area contributed by atoms with Crippen molar-refractivity contribution in [1.82, 2.24) is 4.90 Å². The van der Waals surface area contributed by atoms with Crippen molar-refractivity contribution in [2.45, 2.75) is 90.2 Å². The van der Waals surface area contributed by atoms with Crippen LogP contribution in [0.4, 0.5) is 8.78 Å². The summed E-state index contributed by atoms with van der Waals surface area (Å²) in [4.78, 5) is 24.6. The molecule has 0 aromatic carbocycles. The lowest BCUT2D eigenvalue weighted by Crippen LogP contribution is -2.40. The van der Waals surface area contributed by atoms with Crippen LogP contribution >= 0.6 is 0 Å². The second-order valence-electron chi connectivity index (χ2n) is 8.10. The Morgan fingerprint density at radius 1 is 1.31 bits per heavy atom. The monoisotopic (exact) mass is 415 g/mol. The number of amides is 1. The van der Waals surface area contributed by atoms with E-state index in [2.05, 4.69) is 16.6 Å². The van der Waals surface area contributed by atoms with Crippen LogP contribution in [0.2, 0.25) is 0 Å². The predicted octanol–water partition coefficient (Wildman–Crippen LogP) is 3.78. The molecular formula is C22H35F2NO4. The summed E-state index contributed by atoms with van der Waals surface area (Å²) in [5.41, 5.74) is 0. The molecule has 1 amide bonds. The van der Waals surface area contributed by atoms with Gasteiger partial charge in [0.1, 0.15) is 0 Å². The van der Waals surface area contributed by atoms with E-state index in [1.807, 2.05) is 13.8 Å². The van der Waals surface area contributed by atoms with Gasteiger partial charge in [-0.1, -0.05) is 26.7 Å². The molecule has 1 saturated heterocycles. The molecule has 0 aromatic rings. The van der Waals surface area contributed by atoms with Gasteiger partial charge in [0.2, 0.25) is 0 Å². The average Bonchev–Trinajstić information content (AvgIpc) is 2.91. The van der Waals surface area contributed by atoms with E-state index in [9.17, 15) is 23.5 Å². The van der Waals surface area contributed by atoms with Crippen molar-refractivity contribution in [3.05, 3.63) is 0 Å². The molecule has 7 heteroatoms. The Hall–Kier alpha value is -1.68. The molecule has 1 N–H and O–H groups in total. The minimum atomic E-state index is -3.34. The number of hydrogen-bond acceptors (Lipinski definition) is 4. The molecule has 2 unspecified atom stereocenters. The van der Waals surface area contributed by atoms with Gasteiger partial charge in [0, 0.05) is 31.8 Å². The number of hydrogen-bond donors (Lipinski definition) is 1. The van der Waals surface area contributed by atoms with Gasteiger partial charge in [-0.3, -0.25) is 9.59 Å². The third-order valence-electron chi connectivity index (χ3n) is 5.72. The first-order chi connectivity index (χ1) is 13.6. The zero-order valence-corrected chi connectivity index (χ0v) is 18.0. The highest BCUT2D eigenvalue weighted by molar-refractivity contribution is 5.86. The Kier molecular flexibility index (Phi) is 10.6. The van der Waals surface area contributed by atoms with Crippen molar-refractivity contribution in [2.24, 2.45) is 11.8 Å². The van der Waals surface area contributed by atoms with Crippen LogP contribution in [0.3, 0.4) is 0 Å². The molecule has 0 bridgehead atoms. The number of esters is 1. The van der Waals surface area contributed by atoms with Gasteiger partial charge in [0.25, 0.3) is 5.91 Å². The maximum Gasteiger partial charge on any atom is 0.326 e. The number of carbonyl (C=O) groups excluding carboxylic acids is 2. The minimum Gasteiger partial charge on any atom is -0.469 e. The predicted molar refractivity (Wildman–Crippen MR) is 107 cm³/mol. The zero-order chi connectivity index (χ0) is 22.0. The molecule has 5 nitrogen and oxygen atoms in total. The number of likely N-dealkylation sites (tertiary alicyclic amines) is 1. The number of carbonyl (C=O) groups is 2. The zero-order valence-electron chi connectivity index (χ0n) is 18.0. The Morgan fingerprint density at radius 2 is 1.97 bits per heavy atom. The topological polar surface area (TPSA) is 66.8 Å². The molecule has 0 saturated carbocycles. The van der Waals surface area contributed by atoms with Gasteiger partial charge in [-0.15, -0.1) is 11.8 Å². The quantitative estimate of drug-likeness (QED) is 0.299. The molecule has 166 valence electrons. The van der Waals surface area contributed by atoms with Gasteiger partial charge in [0.15, 0.2) is 0 Å². The van der Waals surface area contributed by atoms with Crippen molar-refractivity contribution in [3.63, 3.8) is 0 Å². The molecule has 0 spiro atoms. The van der Waals surface area contributed by atoms with E-state index in [0.717, 1.165) is 12.8 Å². The van der Waals surface area contributed by atoms with E-state index in [1.165, 1.54) is 12.0 Å². The lowest BCUT2D eigenvalue weighted by molar-refractivity contribution is -0.148. The molecule has 1 aliphatic heterocycles. The Balaban J connectivity index is 2.58. The fourth-order valence-corrected chi connectivity index (χ4v) is 3.77. The highest BCUT2D eigenvalue weighted by atomic mass is 19.3. The number of methoxy groups -OCH3 is 1. The Morgan fingerprint density at radius 3 is 2.59 bits per heavy atom. The van der Waals surface area contributed by atoms with Crippen LogP contribution in [0.5, 0.6) is 0 Å². The summed E-state index contributed by atoms with van der Waals surface area (Å²) >= 11 is 0. The van der Waals surface area contributed by atoms with Crippen molar-refractivity contribution in [1.29, 1.82) is 0 Å². The fourth-order valence-electron chi connectivity index (χ4n) is 3.77. The van der Waals surface area contributed by atoms with Gasteiger partial charge >= 0.3 is 11.9 Å². The average molecular weight is 416 g/mol. The third kappa shape index (κ3) is 7.93. The van der Waals surface area contributed by atoms with E-state index >= 15 is 0 Å². The molecule has 0 aromatic heterocycles. The standard InChI is InChI=1S/C22H35F2NO4/c1-5-6-11-16(2)19(26)14-17(3)18-15-22(23,24)21(28)25(18)13-10-8-7-9-12-20(27)29-4/h16-19,26H,7-15H2,1-4H3/t16?,17?,18-,19+/m1/s1. The highest BCUT2D eigenvalue weighted by Crippen LogP contribution is 2.38. The summed E-state index contributed by atoms with van der Waals surface area (Å²) in [7, 11) is 1.34. The van der Waals surface area contributed by atoms with Crippen molar-refractivity contribution in [3.8, 4) is 11.8 Å². The van der Waals surface area contributed by atoms with Crippen molar-refractivity contribution in [2.75, 3.05) is 13.7 Å². The number of aliphatic hydroxyl groups is 1. The normalized spacial score (nSPS) is 21.3. The van der Waals surface area contributed by atoms with E-state index in [4.69, 9.17) is 0 Å². The number of unbranched alkanes of at least 4 members (excludes halogenated alkanes) is 3. The van der Waals surface area contributed by atoms with E-state index in [0.29, 0.717) is 32.1 Å². The molecule has 4 atom stereocenters. The first kappa shape index (κ1) is 25.4. The third-order valence-corrected chi connectivity index (χ3v) is 5.72. The second-order valence-corrected chi connectivity index (χ2v) is 8.10. The largest absolute Gasteiger partial charge is 0.469 e. The number of nitrogens with zero attached hydrogens (tertiary/aromatic N) is 1. The second kappa shape index (κ2) is 12.1. The van der Waals surface area contributed by atoms with E-state index in [-0.39, 0.29) is 24.3 Å².